The molecule has 3 N–H and O–H groups in total. The van der Waals surface area contributed by atoms with Crippen molar-refractivity contribution in [3.05, 3.63) is 29.8 Å². The maximum atomic E-state index is 12.3. The third-order valence-corrected chi connectivity index (χ3v) is 6.02. The van der Waals surface area contributed by atoms with Crippen molar-refractivity contribution in [3.8, 4) is 5.75 Å². The Bertz CT molecular complexity index is 798. The van der Waals surface area contributed by atoms with E-state index < -0.39 is 6.36 Å². The third-order valence-electron chi connectivity index (χ3n) is 6.02. The summed E-state index contributed by atoms with van der Waals surface area (Å²) in [6, 6.07) is 6.10. The minimum absolute atomic E-state index is 0.0108. The zero-order valence-corrected chi connectivity index (χ0v) is 17.1. The molecule has 10 heteroatoms. The number of fused-ring (bicyclic) bond motifs is 1. The molecule has 170 valence electrons. The van der Waals surface area contributed by atoms with Crippen molar-refractivity contribution in [1.82, 2.24) is 20.9 Å². The first-order valence-corrected chi connectivity index (χ1v) is 10.7. The van der Waals surface area contributed by atoms with Gasteiger partial charge in [0.15, 0.2) is 0 Å². The number of nitrogens with zero attached hydrogens (tertiary/aromatic N) is 1. The van der Waals surface area contributed by atoms with Crippen molar-refractivity contribution in [2.45, 2.75) is 69.2 Å². The molecule has 2 heterocycles. The van der Waals surface area contributed by atoms with Gasteiger partial charge in [0.05, 0.1) is 6.04 Å². The summed E-state index contributed by atoms with van der Waals surface area (Å²) >= 11 is 0. The SMILES string of the molecule is O=C(CCC1CNC(=O)C2CC(NCc3ccc(OC(F)(F)F)cc3)CN12)NC1CC1. The number of halogens is 3. The second kappa shape index (κ2) is 9.04. The molecule has 1 aliphatic carbocycles. The summed E-state index contributed by atoms with van der Waals surface area (Å²) in [5.74, 6) is -0.168. The number of piperazine rings is 1. The summed E-state index contributed by atoms with van der Waals surface area (Å²) in [7, 11) is 0. The molecule has 3 atom stereocenters. The fourth-order valence-electron chi connectivity index (χ4n) is 4.29. The van der Waals surface area contributed by atoms with E-state index in [1.807, 2.05) is 0 Å². The summed E-state index contributed by atoms with van der Waals surface area (Å²) in [6.45, 7) is 1.72. The summed E-state index contributed by atoms with van der Waals surface area (Å²) in [5.41, 5.74) is 0.831. The van der Waals surface area contributed by atoms with Crippen molar-refractivity contribution in [1.29, 1.82) is 0 Å². The van der Waals surface area contributed by atoms with Crippen molar-refractivity contribution < 1.29 is 27.5 Å². The minimum Gasteiger partial charge on any atom is -0.406 e. The van der Waals surface area contributed by atoms with E-state index >= 15 is 0 Å². The molecule has 0 bridgehead atoms. The summed E-state index contributed by atoms with van der Waals surface area (Å²) in [5, 5.41) is 9.35. The molecule has 2 amide bonds. The van der Waals surface area contributed by atoms with E-state index in [9.17, 15) is 22.8 Å². The number of hydrogen-bond acceptors (Lipinski definition) is 5. The second-order valence-corrected chi connectivity index (χ2v) is 8.50. The lowest BCUT2D eigenvalue weighted by molar-refractivity contribution is -0.274. The Morgan fingerprint density at radius 2 is 1.94 bits per heavy atom. The Morgan fingerprint density at radius 3 is 2.61 bits per heavy atom. The second-order valence-electron chi connectivity index (χ2n) is 8.50. The number of benzene rings is 1. The predicted molar refractivity (Wildman–Crippen MR) is 106 cm³/mol. The van der Waals surface area contributed by atoms with E-state index in [1.54, 1.807) is 12.1 Å². The Kier molecular flexibility index (Phi) is 6.38. The van der Waals surface area contributed by atoms with E-state index in [4.69, 9.17) is 0 Å². The molecule has 1 aromatic rings. The van der Waals surface area contributed by atoms with Gasteiger partial charge in [-0.25, -0.2) is 0 Å². The maximum Gasteiger partial charge on any atom is 0.573 e. The van der Waals surface area contributed by atoms with Gasteiger partial charge in [0, 0.05) is 44.2 Å². The number of alkyl halides is 3. The first kappa shape index (κ1) is 21.9. The molecule has 2 aliphatic heterocycles. The van der Waals surface area contributed by atoms with Gasteiger partial charge in [-0.3, -0.25) is 14.5 Å². The van der Waals surface area contributed by atoms with Gasteiger partial charge in [-0.05, 0) is 43.4 Å². The maximum absolute atomic E-state index is 12.3. The van der Waals surface area contributed by atoms with Gasteiger partial charge < -0.3 is 20.7 Å². The molecular weight excluding hydrogens is 413 g/mol. The molecule has 3 aliphatic rings. The molecule has 1 saturated carbocycles. The third kappa shape index (κ3) is 6.10. The number of carbonyl (C=O) groups is 2. The Morgan fingerprint density at radius 1 is 1.19 bits per heavy atom. The van der Waals surface area contributed by atoms with Gasteiger partial charge in [0.25, 0.3) is 0 Å². The predicted octanol–water partition coefficient (Wildman–Crippen LogP) is 1.67. The zero-order valence-electron chi connectivity index (χ0n) is 17.1. The number of amides is 2. The molecule has 0 aromatic heterocycles. The van der Waals surface area contributed by atoms with E-state index in [-0.39, 0.29) is 35.7 Å². The van der Waals surface area contributed by atoms with Crippen LogP contribution in [0.1, 0.15) is 37.7 Å². The Balaban J connectivity index is 1.26. The first-order chi connectivity index (χ1) is 14.8. The zero-order chi connectivity index (χ0) is 22.0. The smallest absolute Gasteiger partial charge is 0.406 e. The fourth-order valence-corrected chi connectivity index (χ4v) is 4.29. The number of carbonyl (C=O) groups excluding carboxylic acids is 2. The molecule has 1 aromatic carbocycles. The monoisotopic (exact) mass is 440 g/mol. The van der Waals surface area contributed by atoms with Gasteiger partial charge in [0.1, 0.15) is 5.75 Å². The minimum atomic E-state index is -4.70. The van der Waals surface area contributed by atoms with Gasteiger partial charge in [-0.1, -0.05) is 12.1 Å². The number of hydrogen-bond donors (Lipinski definition) is 3. The van der Waals surface area contributed by atoms with Crippen LogP contribution in [0.15, 0.2) is 24.3 Å². The lowest BCUT2D eigenvalue weighted by Gasteiger charge is -2.37. The van der Waals surface area contributed by atoms with E-state index in [0.717, 1.165) is 18.4 Å². The van der Waals surface area contributed by atoms with Crippen LogP contribution >= 0.6 is 0 Å². The molecule has 3 unspecified atom stereocenters. The Labute approximate surface area is 178 Å². The van der Waals surface area contributed by atoms with Crippen molar-refractivity contribution >= 4 is 11.8 Å². The first-order valence-electron chi connectivity index (χ1n) is 10.7. The summed E-state index contributed by atoms with van der Waals surface area (Å²) < 4.78 is 40.7. The topological polar surface area (TPSA) is 82.7 Å². The number of nitrogens with one attached hydrogen (secondary N) is 3. The van der Waals surface area contributed by atoms with Crippen molar-refractivity contribution in [2.75, 3.05) is 13.1 Å². The van der Waals surface area contributed by atoms with Gasteiger partial charge in [-0.15, -0.1) is 13.2 Å². The van der Waals surface area contributed by atoms with Crippen LogP contribution in [-0.2, 0) is 16.1 Å². The highest BCUT2D eigenvalue weighted by Crippen LogP contribution is 2.27. The standard InChI is InChI=1S/C21H27F3N4O3/c22-21(23,24)31-17-6-1-13(2-7-17)10-25-15-9-18-20(30)26-11-16(28(18)12-15)5-8-19(29)27-14-3-4-14/h1-2,6-7,14-16,18,25H,3-5,8-12H2,(H,26,30)(H,27,29). The average Bonchev–Trinajstić information content (AvgIpc) is 3.40. The molecule has 0 radical (unpaired) electrons. The quantitative estimate of drug-likeness (QED) is 0.573. The average molecular weight is 440 g/mol. The van der Waals surface area contributed by atoms with Crippen molar-refractivity contribution in [3.63, 3.8) is 0 Å². The lowest BCUT2D eigenvalue weighted by Crippen LogP contribution is -2.58. The highest BCUT2D eigenvalue weighted by atomic mass is 19.4. The van der Waals surface area contributed by atoms with Crippen LogP contribution in [0.3, 0.4) is 0 Å². The number of rotatable bonds is 8. The van der Waals surface area contributed by atoms with Crippen LogP contribution in [0, 0.1) is 0 Å². The summed E-state index contributed by atoms with van der Waals surface area (Å²) in [6.07, 6.45) is -0.779. The van der Waals surface area contributed by atoms with Gasteiger partial charge in [-0.2, -0.15) is 0 Å². The molecular formula is C21H27F3N4O3. The van der Waals surface area contributed by atoms with Crippen LogP contribution in [0.5, 0.6) is 5.75 Å². The van der Waals surface area contributed by atoms with Gasteiger partial charge >= 0.3 is 6.36 Å². The lowest BCUT2D eigenvalue weighted by atomic mass is 10.0. The molecule has 31 heavy (non-hydrogen) atoms. The highest BCUT2D eigenvalue weighted by Gasteiger charge is 2.43. The van der Waals surface area contributed by atoms with Crippen LogP contribution < -0.4 is 20.7 Å². The van der Waals surface area contributed by atoms with E-state index in [1.165, 1.54) is 12.1 Å². The number of ether oxygens (including phenoxy) is 1. The van der Waals surface area contributed by atoms with Crippen LogP contribution in [-0.4, -0.2) is 60.3 Å². The van der Waals surface area contributed by atoms with Crippen LogP contribution in [0.25, 0.3) is 0 Å². The molecule has 7 nitrogen and oxygen atoms in total. The Hall–Kier alpha value is -2.33. The highest BCUT2D eigenvalue weighted by molar-refractivity contribution is 5.83. The fraction of sp³-hybridized carbons (Fsp3) is 0.619. The van der Waals surface area contributed by atoms with Crippen LogP contribution in [0.2, 0.25) is 0 Å². The normalized spacial score (nSPS) is 26.3. The molecule has 0 spiro atoms. The van der Waals surface area contributed by atoms with Gasteiger partial charge in [0.2, 0.25) is 11.8 Å². The van der Waals surface area contributed by atoms with Crippen LogP contribution in [0.4, 0.5) is 13.2 Å². The molecule has 4 rings (SSSR count). The largest absolute Gasteiger partial charge is 0.573 e. The summed E-state index contributed by atoms with van der Waals surface area (Å²) in [4.78, 5) is 26.5. The molecule has 2 saturated heterocycles. The van der Waals surface area contributed by atoms with E-state index in [0.29, 0.717) is 44.9 Å². The molecule has 3 fully saturated rings. The van der Waals surface area contributed by atoms with E-state index in [2.05, 4.69) is 25.6 Å². The van der Waals surface area contributed by atoms with Crippen molar-refractivity contribution in [2.24, 2.45) is 0 Å².